The van der Waals surface area contributed by atoms with Gasteiger partial charge in [-0.1, -0.05) is 84.4 Å². The van der Waals surface area contributed by atoms with Crippen molar-refractivity contribution < 1.29 is 4.79 Å². The van der Waals surface area contributed by atoms with E-state index in [0.717, 1.165) is 17.5 Å². The summed E-state index contributed by atoms with van der Waals surface area (Å²) in [4.78, 5) is 12.6. The summed E-state index contributed by atoms with van der Waals surface area (Å²) >= 11 is 0. The Labute approximate surface area is 148 Å². The van der Waals surface area contributed by atoms with Crippen LogP contribution in [0.15, 0.2) is 72.8 Å². The van der Waals surface area contributed by atoms with Gasteiger partial charge in [-0.2, -0.15) is 0 Å². The van der Waals surface area contributed by atoms with Gasteiger partial charge in [-0.25, -0.2) is 0 Å². The number of hydrogen-bond acceptors (Lipinski definition) is 1. The zero-order chi connectivity index (χ0) is 17.2. The molecule has 0 N–H and O–H groups in total. The van der Waals surface area contributed by atoms with E-state index >= 15 is 0 Å². The molecule has 0 radical (unpaired) electrons. The lowest BCUT2D eigenvalue weighted by molar-refractivity contribution is 0.0993. The molecular weight excluding hydrogens is 304 g/mol. The Bertz CT molecular complexity index is 962. The molecule has 0 spiro atoms. The number of rotatable bonds is 4. The number of hydrogen-bond donors (Lipinski definition) is 0. The van der Waals surface area contributed by atoms with E-state index in [9.17, 15) is 4.79 Å². The second-order valence-electron chi connectivity index (χ2n) is 6.65. The second-order valence-corrected chi connectivity index (χ2v) is 6.65. The van der Waals surface area contributed by atoms with Crippen molar-refractivity contribution in [2.45, 2.75) is 19.8 Å². The Balaban J connectivity index is 1.61. The van der Waals surface area contributed by atoms with E-state index in [1.807, 2.05) is 37.3 Å². The highest BCUT2D eigenvalue weighted by Gasteiger charge is 2.12. The second kappa shape index (κ2) is 6.52. The molecule has 0 fully saturated rings. The third kappa shape index (κ3) is 3.18. The SMILES string of the molecule is Cc1ccc(C(=O)Cc2cccc(-c3cccc4c3CC=C4)c2)cc1. The molecular formula is C24H20O. The minimum absolute atomic E-state index is 0.164. The largest absolute Gasteiger partial charge is 0.294 e. The summed E-state index contributed by atoms with van der Waals surface area (Å²) in [5.74, 6) is 0.164. The molecule has 0 saturated carbocycles. The fourth-order valence-electron chi connectivity index (χ4n) is 3.44. The summed E-state index contributed by atoms with van der Waals surface area (Å²) in [5.41, 5.74) is 8.16. The van der Waals surface area contributed by atoms with Crippen molar-refractivity contribution >= 4 is 11.9 Å². The summed E-state index contributed by atoms with van der Waals surface area (Å²) < 4.78 is 0. The van der Waals surface area contributed by atoms with Crippen molar-refractivity contribution in [3.63, 3.8) is 0 Å². The molecule has 122 valence electrons. The minimum Gasteiger partial charge on any atom is -0.294 e. The Morgan fingerprint density at radius 2 is 1.76 bits per heavy atom. The van der Waals surface area contributed by atoms with Crippen molar-refractivity contribution in [2.75, 3.05) is 0 Å². The highest BCUT2D eigenvalue weighted by atomic mass is 16.1. The maximum absolute atomic E-state index is 12.6. The van der Waals surface area contributed by atoms with Gasteiger partial charge in [-0.3, -0.25) is 4.79 Å². The minimum atomic E-state index is 0.164. The maximum atomic E-state index is 12.6. The van der Waals surface area contributed by atoms with Gasteiger partial charge >= 0.3 is 0 Å². The number of fused-ring (bicyclic) bond motifs is 1. The highest BCUT2D eigenvalue weighted by Crippen LogP contribution is 2.31. The van der Waals surface area contributed by atoms with Crippen molar-refractivity contribution in [3.05, 3.63) is 101 Å². The molecule has 0 amide bonds. The van der Waals surface area contributed by atoms with E-state index in [-0.39, 0.29) is 5.78 Å². The van der Waals surface area contributed by atoms with Gasteiger partial charge in [-0.05, 0) is 41.2 Å². The first-order valence-electron chi connectivity index (χ1n) is 8.68. The van der Waals surface area contributed by atoms with E-state index in [1.54, 1.807) is 0 Å². The number of allylic oxidation sites excluding steroid dienone is 1. The molecule has 4 rings (SSSR count). The predicted octanol–water partition coefficient (Wildman–Crippen LogP) is 5.66. The highest BCUT2D eigenvalue weighted by molar-refractivity contribution is 5.97. The van der Waals surface area contributed by atoms with Gasteiger partial charge in [0.2, 0.25) is 0 Å². The fourth-order valence-corrected chi connectivity index (χ4v) is 3.44. The average Bonchev–Trinajstić information content (AvgIpc) is 3.11. The molecule has 0 unspecified atom stereocenters. The number of aryl methyl sites for hydroxylation is 1. The Kier molecular flexibility index (Phi) is 4.07. The first-order valence-corrected chi connectivity index (χ1v) is 8.68. The Morgan fingerprint density at radius 3 is 2.60 bits per heavy atom. The smallest absolute Gasteiger partial charge is 0.167 e. The number of Topliss-reactive ketones (excluding diaryl/α,β-unsaturated/α-hetero) is 1. The molecule has 25 heavy (non-hydrogen) atoms. The van der Waals surface area contributed by atoms with Gasteiger partial charge < -0.3 is 0 Å². The van der Waals surface area contributed by atoms with Crippen LogP contribution in [0.2, 0.25) is 0 Å². The van der Waals surface area contributed by atoms with Crippen LogP contribution in [0.4, 0.5) is 0 Å². The molecule has 0 bridgehead atoms. The topological polar surface area (TPSA) is 17.1 Å². The van der Waals surface area contributed by atoms with Crippen LogP contribution in [0.1, 0.15) is 32.6 Å². The number of carbonyl (C=O) groups excluding carboxylic acids is 1. The third-order valence-corrected chi connectivity index (χ3v) is 4.81. The lowest BCUT2D eigenvalue weighted by Gasteiger charge is -2.10. The standard InChI is InChI=1S/C24H20O/c1-17-11-13-20(14-12-17)24(25)16-18-5-2-8-21(15-18)23-10-4-7-19-6-3-9-22(19)23/h2-8,10-15H,9,16H2,1H3. The Hall–Kier alpha value is -2.93. The number of carbonyl (C=O) groups is 1. The van der Waals surface area contributed by atoms with E-state index < -0.39 is 0 Å². The fraction of sp³-hybridized carbons (Fsp3) is 0.125. The van der Waals surface area contributed by atoms with E-state index in [2.05, 4.69) is 48.6 Å². The average molecular weight is 324 g/mol. The summed E-state index contributed by atoms with van der Waals surface area (Å²) in [6, 6.07) is 22.6. The predicted molar refractivity (Wildman–Crippen MR) is 104 cm³/mol. The quantitative estimate of drug-likeness (QED) is 0.566. The maximum Gasteiger partial charge on any atom is 0.167 e. The molecule has 0 aromatic heterocycles. The lowest BCUT2D eigenvalue weighted by atomic mass is 9.94. The third-order valence-electron chi connectivity index (χ3n) is 4.81. The molecule has 1 aliphatic rings. The summed E-state index contributed by atoms with van der Waals surface area (Å²) in [6.07, 6.45) is 5.81. The van der Waals surface area contributed by atoms with Crippen LogP contribution >= 0.6 is 0 Å². The van der Waals surface area contributed by atoms with Crippen LogP contribution in [0.25, 0.3) is 17.2 Å². The van der Waals surface area contributed by atoms with Gasteiger partial charge in [0.15, 0.2) is 5.78 Å². The number of benzene rings is 3. The molecule has 1 nitrogen and oxygen atoms in total. The molecule has 1 heteroatoms. The lowest BCUT2D eigenvalue weighted by Crippen LogP contribution is -2.03. The summed E-state index contributed by atoms with van der Waals surface area (Å²) in [7, 11) is 0. The first kappa shape index (κ1) is 15.6. The van der Waals surface area contributed by atoms with Crippen LogP contribution in [0.5, 0.6) is 0 Å². The number of ketones is 1. The zero-order valence-electron chi connectivity index (χ0n) is 14.3. The molecule has 1 aliphatic carbocycles. The van der Waals surface area contributed by atoms with Crippen LogP contribution in [0, 0.1) is 6.92 Å². The molecule has 0 aliphatic heterocycles. The van der Waals surface area contributed by atoms with Crippen LogP contribution in [-0.4, -0.2) is 5.78 Å². The van der Waals surface area contributed by atoms with Crippen LogP contribution in [-0.2, 0) is 12.8 Å². The summed E-state index contributed by atoms with van der Waals surface area (Å²) in [6.45, 7) is 2.03. The van der Waals surface area contributed by atoms with Crippen LogP contribution < -0.4 is 0 Å². The summed E-state index contributed by atoms with van der Waals surface area (Å²) in [5, 5.41) is 0. The Morgan fingerprint density at radius 1 is 0.960 bits per heavy atom. The van der Waals surface area contributed by atoms with Gasteiger partial charge in [-0.15, -0.1) is 0 Å². The van der Waals surface area contributed by atoms with Gasteiger partial charge in [0, 0.05) is 12.0 Å². The molecule has 3 aromatic carbocycles. The van der Waals surface area contributed by atoms with Crippen molar-refractivity contribution in [2.24, 2.45) is 0 Å². The monoisotopic (exact) mass is 324 g/mol. The molecule has 0 heterocycles. The molecule has 3 aromatic rings. The van der Waals surface area contributed by atoms with Crippen LogP contribution in [0.3, 0.4) is 0 Å². The van der Waals surface area contributed by atoms with Crippen molar-refractivity contribution in [1.29, 1.82) is 0 Å². The van der Waals surface area contributed by atoms with E-state index in [0.29, 0.717) is 6.42 Å². The van der Waals surface area contributed by atoms with Gasteiger partial charge in [0.25, 0.3) is 0 Å². The zero-order valence-corrected chi connectivity index (χ0v) is 14.3. The van der Waals surface area contributed by atoms with E-state index in [1.165, 1.54) is 27.8 Å². The van der Waals surface area contributed by atoms with Crippen molar-refractivity contribution in [1.82, 2.24) is 0 Å². The van der Waals surface area contributed by atoms with Gasteiger partial charge in [0.05, 0.1) is 0 Å². The first-order chi connectivity index (χ1) is 12.2. The molecule has 0 atom stereocenters. The van der Waals surface area contributed by atoms with Crippen molar-refractivity contribution in [3.8, 4) is 11.1 Å². The van der Waals surface area contributed by atoms with Gasteiger partial charge in [0.1, 0.15) is 0 Å². The molecule has 0 saturated heterocycles. The van der Waals surface area contributed by atoms with E-state index in [4.69, 9.17) is 0 Å². The normalized spacial score (nSPS) is 12.2.